The molecule has 148 valence electrons. The number of anilines is 2. The Labute approximate surface area is 174 Å². The molecule has 2 N–H and O–H groups in total. The first-order chi connectivity index (χ1) is 14.7. The molecule has 1 aromatic carbocycles. The van der Waals surface area contributed by atoms with Gasteiger partial charge in [-0.3, -0.25) is 4.98 Å². The van der Waals surface area contributed by atoms with Gasteiger partial charge in [0.15, 0.2) is 0 Å². The maximum absolute atomic E-state index is 15.0. The minimum atomic E-state index is -0.550. The number of ether oxygens (including phenoxy) is 1. The summed E-state index contributed by atoms with van der Waals surface area (Å²) in [6.45, 7) is 0. The smallest absolute Gasteiger partial charge is 0.221 e. The minimum Gasteiger partial charge on any atom is -0.481 e. The van der Waals surface area contributed by atoms with Gasteiger partial charge in [0.1, 0.15) is 17.3 Å². The second-order valence-corrected chi connectivity index (χ2v) is 6.80. The molecule has 0 unspecified atom stereocenters. The van der Waals surface area contributed by atoms with E-state index in [4.69, 9.17) is 16.3 Å². The van der Waals surface area contributed by atoms with Gasteiger partial charge in [-0.05, 0) is 24.3 Å². The van der Waals surface area contributed by atoms with Gasteiger partial charge in [0.05, 0.1) is 34.9 Å². The molecule has 0 saturated heterocycles. The van der Waals surface area contributed by atoms with Gasteiger partial charge in [0.25, 0.3) is 0 Å². The molecular formula is C20H13ClFN7O. The van der Waals surface area contributed by atoms with Crippen molar-refractivity contribution in [3.05, 3.63) is 59.9 Å². The van der Waals surface area contributed by atoms with Gasteiger partial charge in [0.2, 0.25) is 5.88 Å². The lowest BCUT2D eigenvalue weighted by atomic mass is 10.1. The van der Waals surface area contributed by atoms with Crippen LogP contribution >= 0.6 is 11.6 Å². The van der Waals surface area contributed by atoms with Crippen LogP contribution in [0, 0.1) is 5.82 Å². The first kappa shape index (κ1) is 18.2. The van der Waals surface area contributed by atoms with Crippen LogP contribution in [0.5, 0.6) is 5.88 Å². The highest BCUT2D eigenvalue weighted by atomic mass is 35.5. The summed E-state index contributed by atoms with van der Waals surface area (Å²) in [7, 11) is 1.54. The number of aromatic amines is 1. The van der Waals surface area contributed by atoms with E-state index in [0.717, 1.165) is 10.8 Å². The van der Waals surface area contributed by atoms with Crippen LogP contribution < -0.4 is 10.1 Å². The Bertz CT molecular complexity index is 1370. The number of rotatable bonds is 4. The second kappa shape index (κ2) is 7.20. The van der Waals surface area contributed by atoms with Gasteiger partial charge in [-0.1, -0.05) is 11.6 Å². The third-order valence-corrected chi connectivity index (χ3v) is 4.96. The Hall–Kier alpha value is -3.85. The third-order valence-electron chi connectivity index (χ3n) is 4.66. The number of halogens is 2. The van der Waals surface area contributed by atoms with E-state index < -0.39 is 5.82 Å². The largest absolute Gasteiger partial charge is 0.481 e. The van der Waals surface area contributed by atoms with Crippen molar-refractivity contribution in [2.24, 2.45) is 0 Å². The molecule has 0 fully saturated rings. The third kappa shape index (κ3) is 2.96. The van der Waals surface area contributed by atoms with E-state index in [-0.39, 0.29) is 10.7 Å². The molecule has 4 aromatic heterocycles. The quantitative estimate of drug-likeness (QED) is 0.412. The molecule has 0 atom stereocenters. The van der Waals surface area contributed by atoms with Crippen LogP contribution in [0.15, 0.2) is 49.1 Å². The summed E-state index contributed by atoms with van der Waals surface area (Å²) in [5.41, 5.74) is 1.74. The predicted octanol–water partition coefficient (Wildman–Crippen LogP) is 4.51. The molecule has 0 aliphatic rings. The summed E-state index contributed by atoms with van der Waals surface area (Å²) >= 11 is 6.39. The Morgan fingerprint density at radius 2 is 2.03 bits per heavy atom. The number of hydrogen-bond acceptors (Lipinski definition) is 7. The van der Waals surface area contributed by atoms with Crippen LogP contribution in [0.25, 0.3) is 32.9 Å². The molecule has 0 bridgehead atoms. The van der Waals surface area contributed by atoms with Crippen LogP contribution in [0.3, 0.4) is 0 Å². The van der Waals surface area contributed by atoms with E-state index in [2.05, 4.69) is 35.7 Å². The van der Waals surface area contributed by atoms with Crippen molar-refractivity contribution in [2.75, 3.05) is 12.4 Å². The van der Waals surface area contributed by atoms with Gasteiger partial charge in [-0.25, -0.2) is 14.4 Å². The molecule has 4 heterocycles. The van der Waals surface area contributed by atoms with E-state index in [9.17, 15) is 4.39 Å². The average molecular weight is 422 g/mol. The molecule has 0 amide bonds. The van der Waals surface area contributed by atoms with Crippen molar-refractivity contribution >= 4 is 44.8 Å². The highest BCUT2D eigenvalue weighted by molar-refractivity contribution is 6.33. The molecule has 5 aromatic rings. The predicted molar refractivity (Wildman–Crippen MR) is 111 cm³/mol. The monoisotopic (exact) mass is 421 g/mol. The van der Waals surface area contributed by atoms with Crippen LogP contribution in [0.4, 0.5) is 15.9 Å². The number of aromatic nitrogens is 6. The Balaban J connectivity index is 1.69. The lowest BCUT2D eigenvalue weighted by Gasteiger charge is -2.15. The highest BCUT2D eigenvalue weighted by Crippen LogP contribution is 2.38. The van der Waals surface area contributed by atoms with Gasteiger partial charge < -0.3 is 10.1 Å². The Morgan fingerprint density at radius 3 is 2.80 bits per heavy atom. The first-order valence-corrected chi connectivity index (χ1v) is 9.22. The fourth-order valence-electron chi connectivity index (χ4n) is 3.31. The maximum Gasteiger partial charge on any atom is 0.221 e. The molecule has 30 heavy (non-hydrogen) atoms. The zero-order chi connectivity index (χ0) is 20.7. The summed E-state index contributed by atoms with van der Waals surface area (Å²) in [5, 5.41) is 15.6. The molecule has 8 nitrogen and oxygen atoms in total. The SMILES string of the molecule is COc1nccc2c(Nc3c(F)cc(-c4cn[nH]n4)cc3Cl)nc3ccncc3c12. The highest BCUT2D eigenvalue weighted by Gasteiger charge is 2.17. The molecule has 0 aliphatic carbocycles. The van der Waals surface area contributed by atoms with Gasteiger partial charge in [-0.15, -0.1) is 0 Å². The number of nitrogens with one attached hydrogen (secondary N) is 2. The standard InChI is InChI=1S/C20H13ClFN7O/c1-30-20-17-11(2-5-24-20)19(26-15-3-4-23-8-12(15)17)27-18-13(21)6-10(7-14(18)22)16-9-25-29-28-16/h2-9H,1H3,(H,26,27)(H,25,28,29). The molecule has 0 radical (unpaired) electrons. The lowest BCUT2D eigenvalue weighted by Crippen LogP contribution is -2.01. The summed E-state index contributed by atoms with van der Waals surface area (Å²) in [6, 6.07) is 6.48. The van der Waals surface area contributed by atoms with Crippen molar-refractivity contribution in [3.63, 3.8) is 0 Å². The second-order valence-electron chi connectivity index (χ2n) is 6.39. The summed E-state index contributed by atoms with van der Waals surface area (Å²) in [5.74, 6) is 0.287. The molecule has 5 rings (SSSR count). The number of nitrogens with zero attached hydrogens (tertiary/aromatic N) is 5. The maximum atomic E-state index is 15.0. The van der Waals surface area contributed by atoms with Crippen LogP contribution in [0.1, 0.15) is 0 Å². The number of fused-ring (bicyclic) bond motifs is 3. The van der Waals surface area contributed by atoms with Gasteiger partial charge in [0, 0.05) is 34.9 Å². The van der Waals surface area contributed by atoms with Crippen molar-refractivity contribution < 1.29 is 9.13 Å². The molecular weight excluding hydrogens is 409 g/mol. The number of H-pyrrole nitrogens is 1. The summed E-state index contributed by atoms with van der Waals surface area (Å²) in [6.07, 6.45) is 6.42. The number of methoxy groups -OCH3 is 1. The zero-order valence-electron chi connectivity index (χ0n) is 15.5. The fraction of sp³-hybridized carbons (Fsp3) is 0.0500. The zero-order valence-corrected chi connectivity index (χ0v) is 16.3. The normalized spacial score (nSPS) is 11.2. The van der Waals surface area contributed by atoms with Crippen molar-refractivity contribution in [2.45, 2.75) is 0 Å². The van der Waals surface area contributed by atoms with Gasteiger partial charge >= 0.3 is 0 Å². The van der Waals surface area contributed by atoms with Gasteiger partial charge in [-0.2, -0.15) is 15.4 Å². The topological polar surface area (TPSA) is 102 Å². The van der Waals surface area contributed by atoms with Crippen molar-refractivity contribution in [1.29, 1.82) is 0 Å². The summed E-state index contributed by atoms with van der Waals surface area (Å²) < 4.78 is 20.4. The van der Waals surface area contributed by atoms with E-state index in [1.807, 2.05) is 0 Å². The van der Waals surface area contributed by atoms with Crippen LogP contribution in [-0.2, 0) is 0 Å². The fourth-order valence-corrected chi connectivity index (χ4v) is 3.56. The Morgan fingerprint density at radius 1 is 1.13 bits per heavy atom. The Kier molecular flexibility index (Phi) is 4.36. The molecule has 10 heteroatoms. The average Bonchev–Trinajstić information content (AvgIpc) is 3.30. The van der Waals surface area contributed by atoms with E-state index in [0.29, 0.717) is 33.9 Å². The van der Waals surface area contributed by atoms with E-state index in [1.54, 1.807) is 36.8 Å². The molecule has 0 saturated carbocycles. The van der Waals surface area contributed by atoms with Crippen LogP contribution in [0.2, 0.25) is 5.02 Å². The summed E-state index contributed by atoms with van der Waals surface area (Å²) in [4.78, 5) is 13.1. The molecule has 0 spiro atoms. The number of pyridine rings is 3. The first-order valence-electron chi connectivity index (χ1n) is 8.84. The van der Waals surface area contributed by atoms with Crippen molar-refractivity contribution in [3.8, 4) is 17.1 Å². The number of benzene rings is 1. The number of hydrogen-bond donors (Lipinski definition) is 2. The lowest BCUT2D eigenvalue weighted by molar-refractivity contribution is 0.403. The minimum absolute atomic E-state index is 0.0990. The van der Waals surface area contributed by atoms with Crippen molar-refractivity contribution in [1.82, 2.24) is 30.4 Å². The van der Waals surface area contributed by atoms with Crippen LogP contribution in [-0.4, -0.2) is 37.5 Å². The van der Waals surface area contributed by atoms with E-state index >= 15 is 0 Å². The molecule has 0 aliphatic heterocycles. The van der Waals surface area contributed by atoms with E-state index in [1.165, 1.54) is 19.4 Å².